The van der Waals surface area contributed by atoms with E-state index < -0.39 is 0 Å². The van der Waals surface area contributed by atoms with Crippen LogP contribution < -0.4 is 5.73 Å². The van der Waals surface area contributed by atoms with Crippen LogP contribution >= 0.6 is 0 Å². The Morgan fingerprint density at radius 2 is 1.10 bits per heavy atom. The summed E-state index contributed by atoms with van der Waals surface area (Å²) in [6.07, 6.45) is 0. The van der Waals surface area contributed by atoms with Crippen molar-refractivity contribution in [1.29, 1.82) is 0 Å². The highest BCUT2D eigenvalue weighted by molar-refractivity contribution is 5.34. The van der Waals surface area contributed by atoms with Crippen molar-refractivity contribution in [3.8, 4) is 0 Å². The highest BCUT2D eigenvalue weighted by Gasteiger charge is 2.08. The fourth-order valence-corrected chi connectivity index (χ4v) is 2.17. The van der Waals surface area contributed by atoms with Gasteiger partial charge in [0.05, 0.1) is 19.3 Å². The molecule has 3 nitrogen and oxygen atoms in total. The number of methoxy groups -OCH3 is 2. The second-order valence-corrected chi connectivity index (χ2v) is 4.83. The number of nitrogens with two attached hydrogens (primary N) is 1. The maximum Gasteiger partial charge on any atom is 0.0713 e. The van der Waals surface area contributed by atoms with Crippen LogP contribution in [0.2, 0.25) is 0 Å². The van der Waals surface area contributed by atoms with E-state index in [0.29, 0.717) is 13.2 Å². The summed E-state index contributed by atoms with van der Waals surface area (Å²) < 4.78 is 10.2. The summed E-state index contributed by atoms with van der Waals surface area (Å²) in [7, 11) is 3.39. The smallest absolute Gasteiger partial charge is 0.0713 e. The predicted molar refractivity (Wildman–Crippen MR) is 80.3 cm³/mol. The van der Waals surface area contributed by atoms with Crippen LogP contribution in [-0.2, 0) is 22.7 Å². The van der Waals surface area contributed by atoms with Crippen LogP contribution in [0, 0.1) is 0 Å². The summed E-state index contributed by atoms with van der Waals surface area (Å²) in [6, 6.07) is 16.3. The second-order valence-electron chi connectivity index (χ2n) is 4.83. The van der Waals surface area contributed by atoms with Gasteiger partial charge >= 0.3 is 0 Å². The van der Waals surface area contributed by atoms with Gasteiger partial charge in [-0.1, -0.05) is 48.5 Å². The van der Waals surface area contributed by atoms with Gasteiger partial charge < -0.3 is 15.2 Å². The van der Waals surface area contributed by atoms with Crippen LogP contribution in [0.4, 0.5) is 0 Å². The minimum absolute atomic E-state index is 0.108. The summed E-state index contributed by atoms with van der Waals surface area (Å²) in [5.74, 6) is 0. The van der Waals surface area contributed by atoms with Crippen molar-refractivity contribution in [3.05, 3.63) is 70.8 Å². The summed E-state index contributed by atoms with van der Waals surface area (Å²) in [5.41, 5.74) is 10.8. The van der Waals surface area contributed by atoms with Gasteiger partial charge in [0, 0.05) is 14.2 Å². The summed E-state index contributed by atoms with van der Waals surface area (Å²) in [5, 5.41) is 0. The molecule has 0 aliphatic carbocycles. The Kier molecular flexibility index (Phi) is 5.30. The lowest BCUT2D eigenvalue weighted by Gasteiger charge is -2.14. The molecule has 0 atom stereocenters. The lowest BCUT2D eigenvalue weighted by atomic mass is 9.98. The van der Waals surface area contributed by atoms with Gasteiger partial charge in [0.15, 0.2) is 0 Å². The van der Waals surface area contributed by atoms with Crippen LogP contribution in [0.25, 0.3) is 0 Å². The third-order valence-electron chi connectivity index (χ3n) is 3.30. The van der Waals surface area contributed by atoms with Crippen LogP contribution in [0.1, 0.15) is 28.3 Å². The van der Waals surface area contributed by atoms with Gasteiger partial charge in [-0.05, 0) is 22.3 Å². The van der Waals surface area contributed by atoms with E-state index in [9.17, 15) is 0 Å². The number of hydrogen-bond acceptors (Lipinski definition) is 3. The molecule has 0 aliphatic rings. The minimum atomic E-state index is -0.108. The first-order chi connectivity index (χ1) is 9.74. The van der Waals surface area contributed by atoms with Gasteiger partial charge in [0.1, 0.15) is 0 Å². The normalized spacial score (nSPS) is 11.0. The number of benzene rings is 2. The highest BCUT2D eigenvalue weighted by atomic mass is 16.5. The van der Waals surface area contributed by atoms with Crippen LogP contribution in [0.5, 0.6) is 0 Å². The maximum absolute atomic E-state index is 6.30. The van der Waals surface area contributed by atoms with Crippen LogP contribution in [0.15, 0.2) is 48.5 Å². The molecule has 20 heavy (non-hydrogen) atoms. The summed E-state index contributed by atoms with van der Waals surface area (Å²) >= 11 is 0. The van der Waals surface area contributed by atoms with Crippen molar-refractivity contribution in [1.82, 2.24) is 0 Å². The van der Waals surface area contributed by atoms with Gasteiger partial charge in [-0.3, -0.25) is 0 Å². The molecule has 2 N–H and O–H groups in total. The number of hydrogen-bond donors (Lipinski definition) is 1. The Balaban J connectivity index is 2.11. The third-order valence-corrected chi connectivity index (χ3v) is 3.30. The fraction of sp³-hybridized carbons (Fsp3) is 0.294. The first kappa shape index (κ1) is 14.7. The van der Waals surface area contributed by atoms with Gasteiger partial charge in [0.25, 0.3) is 0 Å². The standard InChI is InChI=1S/C17H21NO2/c1-19-11-13-3-7-15(8-4-13)17(18)16-9-5-14(6-10-16)12-20-2/h3-10,17H,11-12,18H2,1-2H3. The molecule has 0 spiro atoms. The Hall–Kier alpha value is -1.68. The maximum atomic E-state index is 6.30. The van der Waals surface area contributed by atoms with E-state index in [4.69, 9.17) is 15.2 Å². The fourth-order valence-electron chi connectivity index (χ4n) is 2.17. The molecule has 0 aliphatic heterocycles. The molecule has 2 rings (SSSR count). The van der Waals surface area contributed by atoms with Crippen molar-refractivity contribution >= 4 is 0 Å². The van der Waals surface area contributed by atoms with Crippen molar-refractivity contribution in [2.75, 3.05) is 14.2 Å². The van der Waals surface area contributed by atoms with Crippen molar-refractivity contribution in [2.24, 2.45) is 5.73 Å². The monoisotopic (exact) mass is 271 g/mol. The molecule has 0 heterocycles. The Bertz CT molecular complexity index is 470. The van der Waals surface area contributed by atoms with E-state index in [1.54, 1.807) is 14.2 Å². The molecule has 0 saturated heterocycles. The molecule has 2 aromatic rings. The zero-order valence-electron chi connectivity index (χ0n) is 12.0. The molecule has 0 fully saturated rings. The van der Waals surface area contributed by atoms with Crippen molar-refractivity contribution < 1.29 is 9.47 Å². The molecule has 0 aromatic heterocycles. The van der Waals surface area contributed by atoms with E-state index >= 15 is 0 Å². The summed E-state index contributed by atoms with van der Waals surface area (Å²) in [6.45, 7) is 1.25. The van der Waals surface area contributed by atoms with Crippen molar-refractivity contribution in [3.63, 3.8) is 0 Å². The van der Waals surface area contributed by atoms with Crippen LogP contribution in [0.3, 0.4) is 0 Å². The Morgan fingerprint density at radius 3 is 1.40 bits per heavy atom. The molecule has 106 valence electrons. The molecular formula is C17H21NO2. The van der Waals surface area contributed by atoms with Gasteiger partial charge in [-0.15, -0.1) is 0 Å². The van der Waals surface area contributed by atoms with E-state index in [1.807, 2.05) is 0 Å². The summed E-state index contributed by atoms with van der Waals surface area (Å²) in [4.78, 5) is 0. The van der Waals surface area contributed by atoms with E-state index in [1.165, 1.54) is 0 Å². The highest BCUT2D eigenvalue weighted by Crippen LogP contribution is 2.20. The van der Waals surface area contributed by atoms with Crippen molar-refractivity contribution in [2.45, 2.75) is 19.3 Å². The van der Waals surface area contributed by atoms with Gasteiger partial charge in [-0.25, -0.2) is 0 Å². The zero-order chi connectivity index (χ0) is 14.4. The van der Waals surface area contributed by atoms with Crippen LogP contribution in [-0.4, -0.2) is 14.2 Å². The van der Waals surface area contributed by atoms with E-state index in [2.05, 4.69) is 48.5 Å². The molecular weight excluding hydrogens is 250 g/mol. The Morgan fingerprint density at radius 1 is 0.750 bits per heavy atom. The molecule has 0 saturated carbocycles. The third kappa shape index (κ3) is 3.67. The molecule has 3 heteroatoms. The molecule has 2 aromatic carbocycles. The number of ether oxygens (including phenoxy) is 2. The average molecular weight is 271 g/mol. The topological polar surface area (TPSA) is 44.5 Å². The lowest BCUT2D eigenvalue weighted by Crippen LogP contribution is -2.11. The lowest BCUT2D eigenvalue weighted by molar-refractivity contribution is 0.185. The quantitative estimate of drug-likeness (QED) is 0.878. The SMILES string of the molecule is COCc1ccc(C(N)c2ccc(COC)cc2)cc1. The van der Waals surface area contributed by atoms with Gasteiger partial charge in [-0.2, -0.15) is 0 Å². The average Bonchev–Trinajstić information content (AvgIpc) is 2.49. The molecule has 0 unspecified atom stereocenters. The predicted octanol–water partition coefficient (Wildman–Crippen LogP) is 3.03. The first-order valence-corrected chi connectivity index (χ1v) is 6.65. The van der Waals surface area contributed by atoms with E-state index in [0.717, 1.165) is 22.3 Å². The Labute approximate surface area is 120 Å². The van der Waals surface area contributed by atoms with Gasteiger partial charge in [0.2, 0.25) is 0 Å². The first-order valence-electron chi connectivity index (χ1n) is 6.65. The molecule has 0 radical (unpaired) electrons. The minimum Gasteiger partial charge on any atom is -0.380 e. The molecule has 0 amide bonds. The van der Waals surface area contributed by atoms with E-state index in [-0.39, 0.29) is 6.04 Å². The second kappa shape index (κ2) is 7.20. The number of rotatable bonds is 6. The largest absolute Gasteiger partial charge is 0.380 e. The molecule has 0 bridgehead atoms. The zero-order valence-corrected chi connectivity index (χ0v) is 12.0.